The van der Waals surface area contributed by atoms with E-state index >= 15 is 0 Å². The van der Waals surface area contributed by atoms with Crippen LogP contribution in [0.5, 0.6) is 0 Å². The Morgan fingerprint density at radius 2 is 2.29 bits per heavy atom. The van der Waals surface area contributed by atoms with Gasteiger partial charge in [-0.3, -0.25) is 0 Å². The van der Waals surface area contributed by atoms with Gasteiger partial charge in [0, 0.05) is 18.5 Å². The van der Waals surface area contributed by atoms with E-state index in [1.54, 1.807) is 0 Å². The van der Waals surface area contributed by atoms with Gasteiger partial charge in [-0.05, 0) is 42.4 Å². The number of carbonyl (C=O) groups is 1. The lowest BCUT2D eigenvalue weighted by atomic mass is 9.84. The van der Waals surface area contributed by atoms with E-state index in [1.165, 1.54) is 23.8 Å². The second-order valence-electron chi connectivity index (χ2n) is 5.89. The van der Waals surface area contributed by atoms with Crippen LogP contribution >= 0.6 is 0 Å². The quantitative estimate of drug-likeness (QED) is 0.876. The first kappa shape index (κ1) is 15.8. The molecule has 4 nitrogen and oxygen atoms in total. The second kappa shape index (κ2) is 7.46. The largest absolute Gasteiger partial charge is 0.453 e. The molecule has 1 amide bonds. The highest BCUT2D eigenvalue weighted by Gasteiger charge is 2.18. The number of alkyl carbamates (subject to hydrolysis) is 1. The van der Waals surface area contributed by atoms with Gasteiger partial charge < -0.3 is 15.8 Å². The number of aryl methyl sites for hydroxylation is 1. The Morgan fingerprint density at radius 1 is 1.48 bits per heavy atom. The number of rotatable bonds is 5. The average Bonchev–Trinajstić information content (AvgIpc) is 2.50. The van der Waals surface area contributed by atoms with Crippen LogP contribution in [0.3, 0.4) is 0 Å². The zero-order chi connectivity index (χ0) is 15.2. The van der Waals surface area contributed by atoms with Gasteiger partial charge >= 0.3 is 6.09 Å². The molecule has 0 spiro atoms. The monoisotopic (exact) mass is 290 g/mol. The van der Waals surface area contributed by atoms with Gasteiger partial charge in [0.2, 0.25) is 0 Å². The predicted molar refractivity (Wildman–Crippen MR) is 84.5 cm³/mol. The molecular formula is C17H26N2O2. The number of carbonyl (C=O) groups excluding carboxylic acids is 1. The van der Waals surface area contributed by atoms with Gasteiger partial charge in [0.1, 0.15) is 0 Å². The van der Waals surface area contributed by atoms with Crippen LogP contribution < -0.4 is 11.1 Å². The molecule has 3 N–H and O–H groups in total. The van der Waals surface area contributed by atoms with Crippen LogP contribution in [-0.2, 0) is 17.6 Å². The fraction of sp³-hybridized carbons (Fsp3) is 0.588. The number of hydrogen-bond donors (Lipinski definition) is 2. The molecule has 2 rings (SSSR count). The molecule has 0 radical (unpaired) electrons. The van der Waals surface area contributed by atoms with E-state index in [0.717, 1.165) is 32.1 Å². The van der Waals surface area contributed by atoms with Crippen LogP contribution in [0.25, 0.3) is 0 Å². The van der Waals surface area contributed by atoms with Crippen LogP contribution in [0.15, 0.2) is 18.2 Å². The van der Waals surface area contributed by atoms with E-state index in [0.29, 0.717) is 18.5 Å². The summed E-state index contributed by atoms with van der Waals surface area (Å²) in [4.78, 5) is 11.3. The molecular weight excluding hydrogens is 264 g/mol. The lowest BCUT2D eigenvalue weighted by Crippen LogP contribution is -2.29. The number of nitrogens with two attached hydrogens (primary N) is 1. The van der Waals surface area contributed by atoms with Crippen LogP contribution in [0.2, 0.25) is 0 Å². The number of methoxy groups -OCH3 is 1. The number of ether oxygens (including phenoxy) is 1. The van der Waals surface area contributed by atoms with Crippen molar-refractivity contribution in [3.8, 4) is 0 Å². The zero-order valence-electron chi connectivity index (χ0n) is 13.0. The Hall–Kier alpha value is -1.55. The van der Waals surface area contributed by atoms with Crippen molar-refractivity contribution in [1.82, 2.24) is 5.32 Å². The third-order valence-corrected chi connectivity index (χ3v) is 4.28. The Balaban J connectivity index is 2.11. The summed E-state index contributed by atoms with van der Waals surface area (Å²) >= 11 is 0. The number of amides is 1. The molecule has 1 aromatic carbocycles. The van der Waals surface area contributed by atoms with E-state index in [1.807, 2.05) is 0 Å². The first-order valence-electron chi connectivity index (χ1n) is 7.83. The summed E-state index contributed by atoms with van der Waals surface area (Å²) in [5, 5.41) is 2.82. The Labute approximate surface area is 127 Å². The second-order valence-corrected chi connectivity index (χ2v) is 5.89. The molecule has 116 valence electrons. The van der Waals surface area contributed by atoms with Crippen molar-refractivity contribution < 1.29 is 9.53 Å². The lowest BCUT2D eigenvalue weighted by molar-refractivity contribution is 0.170. The van der Waals surface area contributed by atoms with Gasteiger partial charge in [-0.25, -0.2) is 4.79 Å². The van der Waals surface area contributed by atoms with Crippen LogP contribution in [0.1, 0.15) is 48.8 Å². The SMILES string of the molecule is CCCC(CNC(=O)OC)c1ccc2c(c1)CCC(N)C2. The minimum Gasteiger partial charge on any atom is -0.453 e. The van der Waals surface area contributed by atoms with Crippen molar-refractivity contribution in [2.45, 2.75) is 51.0 Å². The minimum absolute atomic E-state index is 0.302. The van der Waals surface area contributed by atoms with Crippen molar-refractivity contribution in [1.29, 1.82) is 0 Å². The van der Waals surface area contributed by atoms with E-state index < -0.39 is 0 Å². The molecule has 1 aliphatic rings. The molecule has 1 aromatic rings. The first-order valence-corrected chi connectivity index (χ1v) is 7.83. The molecule has 0 aromatic heterocycles. The van der Waals surface area contributed by atoms with Crippen LogP contribution in [0, 0.1) is 0 Å². The molecule has 0 saturated carbocycles. The zero-order valence-corrected chi connectivity index (χ0v) is 13.0. The highest BCUT2D eigenvalue weighted by Crippen LogP contribution is 2.27. The third-order valence-electron chi connectivity index (χ3n) is 4.28. The van der Waals surface area contributed by atoms with Gasteiger partial charge in [0.25, 0.3) is 0 Å². The summed E-state index contributed by atoms with van der Waals surface area (Å²) in [5.74, 6) is 0.343. The number of nitrogens with one attached hydrogen (secondary N) is 1. The van der Waals surface area contributed by atoms with Crippen molar-refractivity contribution in [2.24, 2.45) is 5.73 Å². The Morgan fingerprint density at radius 3 is 3.00 bits per heavy atom. The van der Waals surface area contributed by atoms with E-state index in [9.17, 15) is 4.79 Å². The molecule has 21 heavy (non-hydrogen) atoms. The molecule has 0 fully saturated rings. The third kappa shape index (κ3) is 4.21. The topological polar surface area (TPSA) is 64.3 Å². The maximum Gasteiger partial charge on any atom is 0.406 e. The Kier molecular flexibility index (Phi) is 5.62. The first-order chi connectivity index (χ1) is 10.1. The molecule has 0 aliphatic heterocycles. The summed E-state index contributed by atoms with van der Waals surface area (Å²) in [6.07, 6.45) is 4.90. The van der Waals surface area contributed by atoms with Crippen LogP contribution in [-0.4, -0.2) is 25.8 Å². The number of fused-ring (bicyclic) bond motifs is 1. The lowest BCUT2D eigenvalue weighted by Gasteiger charge is -2.24. The van der Waals surface area contributed by atoms with E-state index in [2.05, 4.69) is 35.2 Å². The average molecular weight is 290 g/mol. The highest BCUT2D eigenvalue weighted by atomic mass is 16.5. The van der Waals surface area contributed by atoms with Gasteiger partial charge in [0.05, 0.1) is 7.11 Å². The number of benzene rings is 1. The highest BCUT2D eigenvalue weighted by molar-refractivity contribution is 5.66. The smallest absolute Gasteiger partial charge is 0.406 e. The molecule has 2 unspecified atom stereocenters. The van der Waals surface area contributed by atoms with Crippen molar-refractivity contribution in [3.05, 3.63) is 34.9 Å². The standard InChI is InChI=1S/C17H26N2O2/c1-3-4-15(11-19-17(20)21-2)13-5-6-14-10-16(18)8-7-12(14)9-13/h5-6,9,15-16H,3-4,7-8,10-11,18H2,1-2H3,(H,19,20). The van der Waals surface area contributed by atoms with Crippen molar-refractivity contribution in [3.63, 3.8) is 0 Å². The minimum atomic E-state index is -0.361. The summed E-state index contributed by atoms with van der Waals surface area (Å²) in [6.45, 7) is 2.79. The summed E-state index contributed by atoms with van der Waals surface area (Å²) in [5.41, 5.74) is 10.1. The van der Waals surface area contributed by atoms with Crippen molar-refractivity contribution in [2.75, 3.05) is 13.7 Å². The summed E-state index contributed by atoms with van der Waals surface area (Å²) in [6, 6.07) is 7.01. The van der Waals surface area contributed by atoms with Gasteiger partial charge in [0.15, 0.2) is 0 Å². The van der Waals surface area contributed by atoms with Gasteiger partial charge in [-0.15, -0.1) is 0 Å². The summed E-state index contributed by atoms with van der Waals surface area (Å²) in [7, 11) is 1.40. The summed E-state index contributed by atoms with van der Waals surface area (Å²) < 4.78 is 4.65. The van der Waals surface area contributed by atoms with Gasteiger partial charge in [-0.2, -0.15) is 0 Å². The molecule has 4 heteroatoms. The molecule has 1 aliphatic carbocycles. The normalized spacial score (nSPS) is 18.7. The maximum atomic E-state index is 11.3. The maximum absolute atomic E-state index is 11.3. The predicted octanol–water partition coefficient (Wildman–Crippen LogP) is 2.74. The number of hydrogen-bond acceptors (Lipinski definition) is 3. The van der Waals surface area contributed by atoms with Crippen LogP contribution in [0.4, 0.5) is 4.79 Å². The molecule has 0 saturated heterocycles. The molecule has 0 heterocycles. The van der Waals surface area contributed by atoms with Gasteiger partial charge in [-0.1, -0.05) is 31.5 Å². The fourth-order valence-electron chi connectivity index (χ4n) is 3.07. The Bertz CT molecular complexity index is 488. The fourth-order valence-corrected chi connectivity index (χ4v) is 3.07. The van der Waals surface area contributed by atoms with E-state index in [-0.39, 0.29) is 6.09 Å². The van der Waals surface area contributed by atoms with Crippen molar-refractivity contribution >= 4 is 6.09 Å². The molecule has 2 atom stereocenters. The molecule has 0 bridgehead atoms. The van der Waals surface area contributed by atoms with E-state index in [4.69, 9.17) is 5.73 Å².